The summed E-state index contributed by atoms with van der Waals surface area (Å²) in [5.41, 5.74) is 1.63. The molecule has 2 aromatic rings. The van der Waals surface area contributed by atoms with E-state index in [1.165, 1.54) is 25.3 Å². The predicted octanol–water partition coefficient (Wildman–Crippen LogP) is 2.68. The Morgan fingerprint density at radius 3 is 2.22 bits per heavy atom. The molecule has 1 N–H and O–H groups in total. The molecule has 0 unspecified atom stereocenters. The van der Waals surface area contributed by atoms with Gasteiger partial charge in [0.15, 0.2) is 6.61 Å². The number of carbonyl (C=O) groups excluding carboxylic acids is 3. The van der Waals surface area contributed by atoms with Gasteiger partial charge < -0.3 is 19.5 Å². The fourth-order valence-corrected chi connectivity index (χ4v) is 2.07. The molecule has 0 saturated heterocycles. The van der Waals surface area contributed by atoms with Crippen molar-refractivity contribution in [3.63, 3.8) is 0 Å². The SMILES string of the molecule is COC(=O)c1ccc(NC(=O)COC(=O)/C=C/c2ccc(OC)cc2)cc1. The highest BCUT2D eigenvalue weighted by atomic mass is 16.5. The van der Waals surface area contributed by atoms with Crippen LogP contribution in [0.25, 0.3) is 6.08 Å². The standard InChI is InChI=1S/C20H19NO6/c1-25-17-10-3-14(4-11-17)5-12-19(23)27-13-18(22)21-16-8-6-15(7-9-16)20(24)26-2/h3-12H,13H2,1-2H3,(H,21,22)/b12-5+. The molecule has 140 valence electrons. The van der Waals surface area contributed by atoms with Crippen LogP contribution in [0.4, 0.5) is 5.69 Å². The minimum atomic E-state index is -0.637. The molecule has 0 aromatic heterocycles. The highest BCUT2D eigenvalue weighted by Gasteiger charge is 2.08. The second kappa shape index (κ2) is 9.76. The highest BCUT2D eigenvalue weighted by molar-refractivity contribution is 5.95. The third kappa shape index (κ3) is 6.32. The number of hydrogen-bond acceptors (Lipinski definition) is 6. The number of nitrogens with one attached hydrogen (secondary N) is 1. The van der Waals surface area contributed by atoms with Crippen LogP contribution in [-0.4, -0.2) is 38.7 Å². The first-order chi connectivity index (χ1) is 13.0. The van der Waals surface area contributed by atoms with Crippen LogP contribution >= 0.6 is 0 Å². The minimum Gasteiger partial charge on any atom is -0.497 e. The zero-order valence-electron chi connectivity index (χ0n) is 14.9. The van der Waals surface area contributed by atoms with Crippen molar-refractivity contribution in [2.45, 2.75) is 0 Å². The van der Waals surface area contributed by atoms with Crippen LogP contribution in [0.1, 0.15) is 15.9 Å². The molecule has 2 rings (SSSR count). The van der Waals surface area contributed by atoms with Gasteiger partial charge in [-0.25, -0.2) is 9.59 Å². The molecule has 0 saturated carbocycles. The molecule has 0 fully saturated rings. The van der Waals surface area contributed by atoms with E-state index in [2.05, 4.69) is 10.1 Å². The van der Waals surface area contributed by atoms with Crippen molar-refractivity contribution < 1.29 is 28.6 Å². The van der Waals surface area contributed by atoms with Crippen LogP contribution in [-0.2, 0) is 19.1 Å². The molecule has 0 radical (unpaired) electrons. The van der Waals surface area contributed by atoms with Crippen LogP contribution in [0.2, 0.25) is 0 Å². The number of ether oxygens (including phenoxy) is 3. The van der Waals surface area contributed by atoms with Gasteiger partial charge >= 0.3 is 11.9 Å². The van der Waals surface area contributed by atoms with Crippen molar-refractivity contribution >= 4 is 29.6 Å². The Morgan fingerprint density at radius 2 is 1.63 bits per heavy atom. The Morgan fingerprint density at radius 1 is 0.963 bits per heavy atom. The van der Waals surface area contributed by atoms with Crippen molar-refractivity contribution in [1.29, 1.82) is 0 Å². The first-order valence-electron chi connectivity index (χ1n) is 7.99. The fraction of sp³-hybridized carbons (Fsp3) is 0.150. The summed E-state index contributed by atoms with van der Waals surface area (Å²) < 4.78 is 14.5. The number of rotatable bonds is 7. The summed E-state index contributed by atoms with van der Waals surface area (Å²) >= 11 is 0. The lowest BCUT2D eigenvalue weighted by Crippen LogP contribution is -2.20. The zero-order chi connectivity index (χ0) is 19.6. The van der Waals surface area contributed by atoms with Gasteiger partial charge in [-0.05, 0) is 48.0 Å². The molecular formula is C20H19NO6. The molecule has 2 aromatic carbocycles. The third-order valence-corrected chi connectivity index (χ3v) is 3.46. The topological polar surface area (TPSA) is 90.9 Å². The summed E-state index contributed by atoms with van der Waals surface area (Å²) in [7, 11) is 2.86. The summed E-state index contributed by atoms with van der Waals surface area (Å²) in [6.45, 7) is -0.426. The number of methoxy groups -OCH3 is 2. The van der Waals surface area contributed by atoms with Gasteiger partial charge in [-0.15, -0.1) is 0 Å². The summed E-state index contributed by atoms with van der Waals surface area (Å²) in [6.07, 6.45) is 2.81. The molecule has 0 spiro atoms. The largest absolute Gasteiger partial charge is 0.497 e. The normalized spacial score (nSPS) is 10.3. The number of amides is 1. The van der Waals surface area contributed by atoms with Gasteiger partial charge in [0.2, 0.25) is 0 Å². The molecule has 1 amide bonds. The molecule has 0 atom stereocenters. The Kier molecular flexibility index (Phi) is 7.13. The average Bonchev–Trinajstić information content (AvgIpc) is 2.71. The second-order valence-electron chi connectivity index (χ2n) is 5.33. The van der Waals surface area contributed by atoms with E-state index in [9.17, 15) is 14.4 Å². The number of hydrogen-bond donors (Lipinski definition) is 1. The molecule has 7 heteroatoms. The number of benzene rings is 2. The Bertz CT molecular complexity index is 825. The smallest absolute Gasteiger partial charge is 0.337 e. The monoisotopic (exact) mass is 369 g/mol. The fourth-order valence-electron chi connectivity index (χ4n) is 2.07. The third-order valence-electron chi connectivity index (χ3n) is 3.46. The Labute approximate surface area is 156 Å². The van der Waals surface area contributed by atoms with Gasteiger partial charge in [0.25, 0.3) is 5.91 Å². The quantitative estimate of drug-likeness (QED) is 0.596. The molecule has 0 aliphatic rings. The molecule has 0 bridgehead atoms. The molecule has 27 heavy (non-hydrogen) atoms. The van der Waals surface area contributed by atoms with Crippen LogP contribution in [0.15, 0.2) is 54.6 Å². The predicted molar refractivity (Wildman–Crippen MR) is 99.4 cm³/mol. The zero-order valence-corrected chi connectivity index (χ0v) is 14.9. The van der Waals surface area contributed by atoms with Gasteiger partial charge in [-0.2, -0.15) is 0 Å². The van der Waals surface area contributed by atoms with E-state index in [1.807, 2.05) is 0 Å². The summed E-state index contributed by atoms with van der Waals surface area (Å²) in [5, 5.41) is 2.56. The van der Waals surface area contributed by atoms with Gasteiger partial charge in [-0.1, -0.05) is 12.1 Å². The number of anilines is 1. The lowest BCUT2D eigenvalue weighted by Gasteiger charge is -2.06. The maximum Gasteiger partial charge on any atom is 0.337 e. The van der Waals surface area contributed by atoms with Crippen molar-refractivity contribution in [3.8, 4) is 5.75 Å². The number of esters is 2. The summed E-state index contributed by atoms with van der Waals surface area (Å²) in [4.78, 5) is 34.8. The average molecular weight is 369 g/mol. The first kappa shape index (κ1) is 19.7. The van der Waals surface area contributed by atoms with E-state index in [0.29, 0.717) is 17.0 Å². The molecule has 0 aliphatic heterocycles. The van der Waals surface area contributed by atoms with Crippen LogP contribution in [0.5, 0.6) is 5.75 Å². The lowest BCUT2D eigenvalue weighted by atomic mass is 10.2. The first-order valence-corrected chi connectivity index (χ1v) is 7.99. The van der Waals surface area contributed by atoms with Gasteiger partial charge in [0.05, 0.1) is 19.8 Å². The van der Waals surface area contributed by atoms with E-state index < -0.39 is 24.5 Å². The van der Waals surface area contributed by atoms with Crippen molar-refractivity contribution in [3.05, 3.63) is 65.7 Å². The summed E-state index contributed by atoms with van der Waals surface area (Å²) in [5.74, 6) is -0.884. The van der Waals surface area contributed by atoms with Crippen molar-refractivity contribution in [2.24, 2.45) is 0 Å². The van der Waals surface area contributed by atoms with Crippen molar-refractivity contribution in [1.82, 2.24) is 0 Å². The van der Waals surface area contributed by atoms with Gasteiger partial charge in [-0.3, -0.25) is 4.79 Å². The number of carbonyl (C=O) groups is 3. The van der Waals surface area contributed by atoms with E-state index >= 15 is 0 Å². The van der Waals surface area contributed by atoms with Crippen LogP contribution < -0.4 is 10.1 Å². The Balaban J connectivity index is 1.79. The lowest BCUT2D eigenvalue weighted by molar-refractivity contribution is -0.142. The van der Waals surface area contributed by atoms with E-state index in [1.54, 1.807) is 49.6 Å². The van der Waals surface area contributed by atoms with Crippen LogP contribution in [0, 0.1) is 0 Å². The van der Waals surface area contributed by atoms with Gasteiger partial charge in [0.1, 0.15) is 5.75 Å². The van der Waals surface area contributed by atoms with Gasteiger partial charge in [0, 0.05) is 11.8 Å². The molecule has 0 heterocycles. The maximum atomic E-state index is 11.8. The van der Waals surface area contributed by atoms with E-state index in [0.717, 1.165) is 5.56 Å². The molecule has 0 aliphatic carbocycles. The van der Waals surface area contributed by atoms with Crippen LogP contribution in [0.3, 0.4) is 0 Å². The molecular weight excluding hydrogens is 350 g/mol. The minimum absolute atomic E-state index is 0.366. The Hall–Kier alpha value is -3.61. The molecule has 7 nitrogen and oxygen atoms in total. The second-order valence-corrected chi connectivity index (χ2v) is 5.33. The maximum absolute atomic E-state index is 11.8. The highest BCUT2D eigenvalue weighted by Crippen LogP contribution is 2.12. The summed E-state index contributed by atoms with van der Waals surface area (Å²) in [6, 6.07) is 13.2. The van der Waals surface area contributed by atoms with E-state index in [-0.39, 0.29) is 0 Å². The van der Waals surface area contributed by atoms with E-state index in [4.69, 9.17) is 9.47 Å². The van der Waals surface area contributed by atoms with Crippen molar-refractivity contribution in [2.75, 3.05) is 26.1 Å².